The van der Waals surface area contributed by atoms with Crippen LogP contribution in [-0.2, 0) is 0 Å². The molecule has 1 fully saturated rings. The Hall–Kier alpha value is -1.58. The molecule has 1 aliphatic rings. The number of pyridine rings is 1. The number of carbonyl (C=O) groups is 1. The lowest BCUT2D eigenvalue weighted by atomic mass is 10.1. The molecule has 0 radical (unpaired) electrons. The fourth-order valence-electron chi connectivity index (χ4n) is 2.67. The Bertz CT molecular complexity index is 451. The van der Waals surface area contributed by atoms with Gasteiger partial charge in [0.15, 0.2) is 0 Å². The van der Waals surface area contributed by atoms with Crippen LogP contribution in [0.3, 0.4) is 0 Å². The zero-order chi connectivity index (χ0) is 15.1. The maximum atomic E-state index is 12.3. The van der Waals surface area contributed by atoms with Crippen LogP contribution in [0.1, 0.15) is 62.9 Å². The molecule has 0 saturated heterocycles. The zero-order valence-corrected chi connectivity index (χ0v) is 13.2. The van der Waals surface area contributed by atoms with Gasteiger partial charge in [-0.2, -0.15) is 0 Å². The number of carbonyl (C=O) groups excluding carboxylic acids is 1. The van der Waals surface area contributed by atoms with Crippen molar-refractivity contribution in [3.63, 3.8) is 0 Å². The van der Waals surface area contributed by atoms with Crippen LogP contribution in [0, 0.1) is 5.92 Å². The van der Waals surface area contributed by atoms with Crippen LogP contribution in [0.2, 0.25) is 0 Å². The van der Waals surface area contributed by atoms with Crippen LogP contribution in [0.15, 0.2) is 18.3 Å². The van der Waals surface area contributed by atoms with Crippen LogP contribution >= 0.6 is 0 Å². The molecule has 21 heavy (non-hydrogen) atoms. The Morgan fingerprint density at radius 2 is 2.00 bits per heavy atom. The average molecular weight is 289 g/mol. The second-order valence-corrected chi connectivity index (χ2v) is 6.37. The molecule has 1 aromatic heterocycles. The lowest BCUT2D eigenvalue weighted by molar-refractivity contribution is 0.0928. The Labute approximate surface area is 127 Å². The molecule has 116 valence electrons. The monoisotopic (exact) mass is 289 g/mol. The Kier molecular flexibility index (Phi) is 6.03. The molecule has 0 spiro atoms. The first-order valence-corrected chi connectivity index (χ1v) is 8.16. The number of hydrogen-bond donors (Lipinski definition) is 2. The molecular weight excluding hydrogens is 262 g/mol. The molecule has 0 bridgehead atoms. The summed E-state index contributed by atoms with van der Waals surface area (Å²) in [6.45, 7) is 5.22. The minimum atomic E-state index is -0.0462. The third-order valence-electron chi connectivity index (χ3n) is 3.90. The number of hydrogen-bond acceptors (Lipinski definition) is 3. The highest BCUT2D eigenvalue weighted by molar-refractivity contribution is 5.93. The summed E-state index contributed by atoms with van der Waals surface area (Å²) in [7, 11) is 0. The van der Waals surface area contributed by atoms with Gasteiger partial charge in [-0.05, 0) is 30.9 Å². The van der Waals surface area contributed by atoms with Gasteiger partial charge in [-0.3, -0.25) is 9.78 Å². The van der Waals surface area contributed by atoms with Crippen molar-refractivity contribution in [1.82, 2.24) is 10.3 Å². The van der Waals surface area contributed by atoms with Crippen molar-refractivity contribution in [2.45, 2.75) is 58.4 Å². The molecule has 2 rings (SSSR count). The topological polar surface area (TPSA) is 54.0 Å². The molecule has 1 saturated carbocycles. The maximum absolute atomic E-state index is 12.3. The number of nitrogens with zero attached hydrogens (tertiary/aromatic N) is 1. The molecule has 0 atom stereocenters. The van der Waals surface area contributed by atoms with Crippen LogP contribution in [0.5, 0.6) is 0 Å². The summed E-state index contributed by atoms with van der Waals surface area (Å²) in [6, 6.07) is 4.06. The van der Waals surface area contributed by atoms with Crippen molar-refractivity contribution in [1.29, 1.82) is 0 Å². The predicted octanol–water partition coefficient (Wildman–Crippen LogP) is 3.60. The Morgan fingerprint density at radius 3 is 2.67 bits per heavy atom. The Morgan fingerprint density at radius 1 is 1.29 bits per heavy atom. The van der Waals surface area contributed by atoms with Crippen LogP contribution in [0.4, 0.5) is 5.69 Å². The summed E-state index contributed by atoms with van der Waals surface area (Å²) in [4.78, 5) is 16.5. The van der Waals surface area contributed by atoms with Gasteiger partial charge in [0.2, 0.25) is 0 Å². The SMILES string of the molecule is CC(C)CNc1ccnc(C(=O)NC2CCCCCC2)c1. The van der Waals surface area contributed by atoms with Crippen LogP contribution < -0.4 is 10.6 Å². The summed E-state index contributed by atoms with van der Waals surface area (Å²) in [5.41, 5.74) is 1.47. The number of amides is 1. The fourth-order valence-corrected chi connectivity index (χ4v) is 2.67. The van der Waals surface area contributed by atoms with Crippen molar-refractivity contribution in [3.8, 4) is 0 Å². The van der Waals surface area contributed by atoms with Gasteiger partial charge in [0.25, 0.3) is 5.91 Å². The van der Waals surface area contributed by atoms with E-state index in [4.69, 9.17) is 0 Å². The van der Waals surface area contributed by atoms with E-state index in [-0.39, 0.29) is 5.91 Å². The zero-order valence-electron chi connectivity index (χ0n) is 13.2. The lowest BCUT2D eigenvalue weighted by Crippen LogP contribution is -2.34. The van der Waals surface area contributed by atoms with Crippen LogP contribution in [0.25, 0.3) is 0 Å². The number of anilines is 1. The van der Waals surface area contributed by atoms with E-state index in [1.165, 1.54) is 25.7 Å². The minimum Gasteiger partial charge on any atom is -0.385 e. The van der Waals surface area contributed by atoms with E-state index < -0.39 is 0 Å². The van der Waals surface area contributed by atoms with Gasteiger partial charge in [0.05, 0.1) is 0 Å². The number of aromatic nitrogens is 1. The highest BCUT2D eigenvalue weighted by atomic mass is 16.1. The van der Waals surface area contributed by atoms with E-state index >= 15 is 0 Å². The smallest absolute Gasteiger partial charge is 0.270 e. The second kappa shape index (κ2) is 8.01. The summed E-state index contributed by atoms with van der Waals surface area (Å²) in [5, 5.41) is 6.47. The van der Waals surface area contributed by atoms with E-state index in [0.717, 1.165) is 25.1 Å². The first-order valence-electron chi connectivity index (χ1n) is 8.16. The number of nitrogens with one attached hydrogen (secondary N) is 2. The van der Waals surface area contributed by atoms with E-state index in [1.807, 2.05) is 12.1 Å². The molecular formula is C17H27N3O. The molecule has 0 aliphatic heterocycles. The van der Waals surface area contributed by atoms with Crippen molar-refractivity contribution < 1.29 is 4.79 Å². The summed E-state index contributed by atoms with van der Waals surface area (Å²) >= 11 is 0. The lowest BCUT2D eigenvalue weighted by Gasteiger charge is -2.16. The molecule has 0 unspecified atom stereocenters. The second-order valence-electron chi connectivity index (χ2n) is 6.37. The first kappa shape index (κ1) is 15.8. The summed E-state index contributed by atoms with van der Waals surface area (Å²) < 4.78 is 0. The van der Waals surface area contributed by atoms with Gasteiger partial charge in [-0.1, -0.05) is 39.5 Å². The minimum absolute atomic E-state index is 0.0462. The summed E-state index contributed by atoms with van der Waals surface area (Å²) in [6.07, 6.45) is 8.90. The Balaban J connectivity index is 1.93. The van der Waals surface area contributed by atoms with E-state index in [9.17, 15) is 4.79 Å². The van der Waals surface area contributed by atoms with Crippen molar-refractivity contribution in [2.75, 3.05) is 11.9 Å². The first-order chi connectivity index (χ1) is 10.1. The van der Waals surface area contributed by atoms with Gasteiger partial charge >= 0.3 is 0 Å². The van der Waals surface area contributed by atoms with Crippen molar-refractivity contribution in [3.05, 3.63) is 24.0 Å². The molecule has 0 aromatic carbocycles. The molecule has 2 N–H and O–H groups in total. The molecule has 1 aliphatic carbocycles. The highest BCUT2D eigenvalue weighted by Crippen LogP contribution is 2.18. The molecule has 4 nitrogen and oxygen atoms in total. The molecule has 1 amide bonds. The average Bonchev–Trinajstić information content (AvgIpc) is 2.74. The van der Waals surface area contributed by atoms with Crippen molar-refractivity contribution >= 4 is 11.6 Å². The van der Waals surface area contributed by atoms with Gasteiger partial charge in [0.1, 0.15) is 5.69 Å². The van der Waals surface area contributed by atoms with E-state index in [1.54, 1.807) is 6.20 Å². The standard InChI is InChI=1S/C17H27N3O/c1-13(2)12-19-15-9-10-18-16(11-15)17(21)20-14-7-5-3-4-6-8-14/h9-11,13-14H,3-8,12H2,1-2H3,(H,18,19)(H,20,21). The van der Waals surface area contributed by atoms with E-state index in [0.29, 0.717) is 17.7 Å². The van der Waals surface area contributed by atoms with Gasteiger partial charge < -0.3 is 10.6 Å². The maximum Gasteiger partial charge on any atom is 0.270 e. The number of rotatable bonds is 5. The van der Waals surface area contributed by atoms with Gasteiger partial charge in [-0.25, -0.2) is 0 Å². The third-order valence-corrected chi connectivity index (χ3v) is 3.90. The van der Waals surface area contributed by atoms with Gasteiger partial charge in [-0.15, -0.1) is 0 Å². The highest BCUT2D eigenvalue weighted by Gasteiger charge is 2.16. The summed E-state index contributed by atoms with van der Waals surface area (Å²) in [5.74, 6) is 0.525. The molecule has 4 heteroatoms. The largest absolute Gasteiger partial charge is 0.385 e. The molecule has 1 aromatic rings. The van der Waals surface area contributed by atoms with Crippen LogP contribution in [-0.4, -0.2) is 23.5 Å². The third kappa shape index (κ3) is 5.37. The van der Waals surface area contributed by atoms with E-state index in [2.05, 4.69) is 29.5 Å². The predicted molar refractivity (Wildman–Crippen MR) is 86.5 cm³/mol. The fraction of sp³-hybridized carbons (Fsp3) is 0.647. The quantitative estimate of drug-likeness (QED) is 0.814. The molecule has 1 heterocycles. The van der Waals surface area contributed by atoms with Gasteiger partial charge in [0, 0.05) is 24.5 Å². The van der Waals surface area contributed by atoms with Crippen molar-refractivity contribution in [2.24, 2.45) is 5.92 Å². The normalized spacial score (nSPS) is 16.5.